The van der Waals surface area contributed by atoms with Crippen LogP contribution in [0.5, 0.6) is 0 Å². The number of hydrogen-bond acceptors (Lipinski definition) is 0. The highest BCUT2D eigenvalue weighted by atomic mass is 15.3. The van der Waals surface area contributed by atoms with Gasteiger partial charge in [0.2, 0.25) is 0 Å². The summed E-state index contributed by atoms with van der Waals surface area (Å²) in [6.45, 7) is 1.87. The van der Waals surface area contributed by atoms with Gasteiger partial charge in [-0.3, -0.25) is 0 Å². The van der Waals surface area contributed by atoms with Gasteiger partial charge in [-0.2, -0.15) is 0 Å². The Morgan fingerprint density at radius 1 is 0.556 bits per heavy atom. The van der Waals surface area contributed by atoms with Crippen LogP contribution in [0.3, 0.4) is 0 Å². The molecule has 0 aromatic carbocycles. The second kappa shape index (κ2) is 8.20. The molecule has 0 bridgehead atoms. The average Bonchev–Trinajstić information content (AvgIpc) is 2.17. The molecule has 0 aromatic heterocycles. The van der Waals surface area contributed by atoms with Gasteiger partial charge in [0.25, 0.3) is 0 Å². The van der Waals surface area contributed by atoms with E-state index in [1.807, 2.05) is 0 Å². The molecule has 2 nitrogen and oxygen atoms in total. The van der Waals surface area contributed by atoms with E-state index in [4.69, 9.17) is 0 Å². The van der Waals surface area contributed by atoms with Crippen LogP contribution in [0.2, 0.25) is 0 Å². The highest BCUT2D eigenvalue weighted by Gasteiger charge is 2.01. The molecule has 0 rings (SSSR count). The third kappa shape index (κ3) is 15.0. The standard InChI is InChI=1S/C16H30N2/c1-17(2,3)15-13-11-9-7-8-10-12-14-16-18(4,5)6/h7-10,15-16H2,1-6H3/q+2. The van der Waals surface area contributed by atoms with Gasteiger partial charge in [-0.05, 0) is 24.7 Å². The van der Waals surface area contributed by atoms with E-state index in [0.717, 1.165) is 34.9 Å². The smallest absolute Gasteiger partial charge is 0.140 e. The molecule has 0 aliphatic carbocycles. The van der Waals surface area contributed by atoms with Crippen LogP contribution in [0.25, 0.3) is 0 Å². The molecule has 0 fully saturated rings. The van der Waals surface area contributed by atoms with Crippen molar-refractivity contribution in [3.63, 3.8) is 0 Å². The van der Waals surface area contributed by atoms with Crippen molar-refractivity contribution >= 4 is 0 Å². The van der Waals surface area contributed by atoms with Crippen molar-refractivity contribution in [1.29, 1.82) is 0 Å². The van der Waals surface area contributed by atoms with Crippen molar-refractivity contribution in [2.24, 2.45) is 0 Å². The summed E-state index contributed by atoms with van der Waals surface area (Å²) in [6, 6.07) is 0. The van der Waals surface area contributed by atoms with E-state index >= 15 is 0 Å². The molecule has 102 valence electrons. The van der Waals surface area contributed by atoms with Crippen LogP contribution >= 0.6 is 0 Å². The molecular weight excluding hydrogens is 220 g/mol. The summed E-state index contributed by atoms with van der Waals surface area (Å²) in [6.07, 6.45) is 4.36. The normalized spacial score (nSPS) is 11.2. The summed E-state index contributed by atoms with van der Waals surface area (Å²) in [5, 5.41) is 0. The summed E-state index contributed by atoms with van der Waals surface area (Å²) in [7, 11) is 13.0. The highest BCUT2D eigenvalue weighted by Crippen LogP contribution is 1.98. The molecule has 0 aliphatic rings. The van der Waals surface area contributed by atoms with Gasteiger partial charge < -0.3 is 8.97 Å². The summed E-state index contributed by atoms with van der Waals surface area (Å²) in [5.74, 6) is 12.9. The van der Waals surface area contributed by atoms with Gasteiger partial charge in [0.1, 0.15) is 13.1 Å². The van der Waals surface area contributed by atoms with Crippen LogP contribution in [0.1, 0.15) is 25.7 Å². The largest absolute Gasteiger partial charge is 0.321 e. The van der Waals surface area contributed by atoms with Crippen molar-refractivity contribution < 1.29 is 8.97 Å². The fourth-order valence-corrected chi connectivity index (χ4v) is 1.19. The Hall–Kier alpha value is -0.960. The Kier molecular flexibility index (Phi) is 7.76. The Balaban J connectivity index is 3.52. The molecule has 0 N–H and O–H groups in total. The van der Waals surface area contributed by atoms with Crippen LogP contribution < -0.4 is 0 Å². The Morgan fingerprint density at radius 2 is 0.889 bits per heavy atom. The number of unbranched alkanes of at least 4 members (excludes halogenated alkanes) is 3. The Labute approximate surface area is 114 Å². The quantitative estimate of drug-likeness (QED) is 0.397. The molecule has 0 unspecified atom stereocenters. The fraction of sp³-hybridized carbons (Fsp3) is 0.750. The maximum atomic E-state index is 3.24. The zero-order valence-corrected chi connectivity index (χ0v) is 13.1. The van der Waals surface area contributed by atoms with Crippen molar-refractivity contribution in [3.8, 4) is 23.7 Å². The summed E-state index contributed by atoms with van der Waals surface area (Å²) in [4.78, 5) is 0. The zero-order valence-electron chi connectivity index (χ0n) is 13.1. The first-order valence-corrected chi connectivity index (χ1v) is 6.73. The van der Waals surface area contributed by atoms with Gasteiger partial charge in [-0.1, -0.05) is 11.8 Å². The van der Waals surface area contributed by atoms with Crippen LogP contribution in [0, 0.1) is 23.7 Å². The molecule has 0 radical (unpaired) electrons. The lowest BCUT2D eigenvalue weighted by molar-refractivity contribution is -0.862. The molecule has 0 spiro atoms. The molecular formula is C16H30N2+2. The van der Waals surface area contributed by atoms with Crippen LogP contribution in [0.4, 0.5) is 0 Å². The van der Waals surface area contributed by atoms with Gasteiger partial charge in [0.05, 0.1) is 42.3 Å². The van der Waals surface area contributed by atoms with E-state index in [0.29, 0.717) is 0 Å². The SMILES string of the molecule is C[N+](C)(C)CC#CCCCCC#CC[N+](C)(C)C. The minimum absolute atomic E-state index is 0.920. The maximum absolute atomic E-state index is 3.24. The summed E-state index contributed by atoms with van der Waals surface area (Å²) in [5.41, 5.74) is 0. The predicted octanol–water partition coefficient (Wildman–Crippen LogP) is 1.97. The lowest BCUT2D eigenvalue weighted by atomic mass is 10.2. The van der Waals surface area contributed by atoms with Crippen molar-refractivity contribution in [1.82, 2.24) is 0 Å². The van der Waals surface area contributed by atoms with Crippen LogP contribution in [-0.2, 0) is 0 Å². The van der Waals surface area contributed by atoms with E-state index < -0.39 is 0 Å². The minimum atomic E-state index is 0.920. The average molecular weight is 250 g/mol. The Bertz CT molecular complexity index is 298. The van der Waals surface area contributed by atoms with Crippen LogP contribution in [-0.4, -0.2) is 64.3 Å². The van der Waals surface area contributed by atoms with Gasteiger partial charge >= 0.3 is 0 Å². The number of hydrogen-bond donors (Lipinski definition) is 0. The zero-order chi connectivity index (χ0) is 14.1. The second-order valence-electron chi connectivity index (χ2n) is 6.81. The van der Waals surface area contributed by atoms with E-state index in [-0.39, 0.29) is 0 Å². The first-order valence-electron chi connectivity index (χ1n) is 6.73. The van der Waals surface area contributed by atoms with Gasteiger partial charge in [0, 0.05) is 12.8 Å². The minimum Gasteiger partial charge on any atom is -0.321 e. The van der Waals surface area contributed by atoms with E-state index in [9.17, 15) is 0 Å². The number of rotatable bonds is 5. The maximum Gasteiger partial charge on any atom is 0.140 e. The van der Waals surface area contributed by atoms with Gasteiger partial charge in [-0.15, -0.1) is 0 Å². The first kappa shape index (κ1) is 17.0. The van der Waals surface area contributed by atoms with Crippen LogP contribution in [0.15, 0.2) is 0 Å². The monoisotopic (exact) mass is 250 g/mol. The third-order valence-electron chi connectivity index (χ3n) is 2.21. The van der Waals surface area contributed by atoms with E-state index in [1.54, 1.807) is 0 Å². The third-order valence-corrected chi connectivity index (χ3v) is 2.21. The molecule has 0 aliphatic heterocycles. The van der Waals surface area contributed by atoms with Crippen molar-refractivity contribution in [3.05, 3.63) is 0 Å². The molecule has 0 amide bonds. The van der Waals surface area contributed by atoms with Gasteiger partial charge in [-0.25, -0.2) is 0 Å². The van der Waals surface area contributed by atoms with E-state index in [1.165, 1.54) is 12.8 Å². The molecule has 2 heteroatoms. The lowest BCUT2D eigenvalue weighted by Gasteiger charge is -2.20. The Morgan fingerprint density at radius 3 is 1.17 bits per heavy atom. The lowest BCUT2D eigenvalue weighted by Crippen LogP contribution is -2.34. The topological polar surface area (TPSA) is 0 Å². The second-order valence-corrected chi connectivity index (χ2v) is 6.81. The molecule has 0 saturated carbocycles. The highest BCUT2D eigenvalue weighted by molar-refractivity contribution is 5.00. The number of nitrogens with zero attached hydrogens (tertiary/aromatic N) is 2. The first-order chi connectivity index (χ1) is 8.21. The van der Waals surface area contributed by atoms with Gasteiger partial charge in [0.15, 0.2) is 0 Å². The van der Waals surface area contributed by atoms with Crippen molar-refractivity contribution in [2.45, 2.75) is 25.7 Å². The van der Waals surface area contributed by atoms with E-state index in [2.05, 4.69) is 66.0 Å². The molecule has 0 aromatic rings. The fourth-order valence-electron chi connectivity index (χ4n) is 1.19. The molecule has 0 atom stereocenters. The molecule has 18 heavy (non-hydrogen) atoms. The van der Waals surface area contributed by atoms with Crippen molar-refractivity contribution in [2.75, 3.05) is 55.4 Å². The summed E-state index contributed by atoms with van der Waals surface area (Å²) < 4.78 is 1.84. The molecule has 0 saturated heterocycles. The molecule has 0 heterocycles. The predicted molar refractivity (Wildman–Crippen MR) is 79.8 cm³/mol. The summed E-state index contributed by atoms with van der Waals surface area (Å²) >= 11 is 0. The number of quaternary nitrogens is 2.